The molecule has 1 aromatic carbocycles. The predicted molar refractivity (Wildman–Crippen MR) is 64.2 cm³/mol. The molecule has 0 radical (unpaired) electrons. The summed E-state index contributed by atoms with van der Waals surface area (Å²) in [6.45, 7) is 4.75. The molecule has 0 bridgehead atoms. The summed E-state index contributed by atoms with van der Waals surface area (Å²) < 4.78 is 0. The van der Waals surface area contributed by atoms with E-state index in [0.29, 0.717) is 5.02 Å². The van der Waals surface area contributed by atoms with E-state index in [0.717, 1.165) is 18.5 Å². The van der Waals surface area contributed by atoms with Crippen molar-refractivity contribution in [2.75, 3.05) is 6.54 Å². The summed E-state index contributed by atoms with van der Waals surface area (Å²) in [6.07, 6.45) is 0.588. The van der Waals surface area contributed by atoms with E-state index in [1.165, 1.54) is 0 Å². The third-order valence-electron chi connectivity index (χ3n) is 2.34. The van der Waals surface area contributed by atoms with Crippen LogP contribution in [0.4, 0.5) is 0 Å². The molecule has 15 heavy (non-hydrogen) atoms. The van der Waals surface area contributed by atoms with Crippen molar-refractivity contribution >= 4 is 11.6 Å². The third kappa shape index (κ3) is 3.49. The van der Waals surface area contributed by atoms with Crippen LogP contribution in [0.15, 0.2) is 24.3 Å². The van der Waals surface area contributed by atoms with Crippen LogP contribution in [0.2, 0.25) is 5.02 Å². The fourth-order valence-corrected chi connectivity index (χ4v) is 1.82. The standard InChI is InChI=1S/C12H18ClNO/c1-3-8-14-12(9(2)15)10-6-4-5-7-11(10)13/h4-7,9,12,14-15H,3,8H2,1-2H3/t9-,12+/m1/s1. The molecule has 2 atom stereocenters. The van der Waals surface area contributed by atoms with Gasteiger partial charge in [-0.3, -0.25) is 0 Å². The van der Waals surface area contributed by atoms with Crippen molar-refractivity contribution in [1.29, 1.82) is 0 Å². The fourth-order valence-electron chi connectivity index (χ4n) is 1.57. The van der Waals surface area contributed by atoms with Gasteiger partial charge in [0.2, 0.25) is 0 Å². The molecular weight excluding hydrogens is 210 g/mol. The first-order valence-corrected chi connectivity index (χ1v) is 5.70. The topological polar surface area (TPSA) is 32.3 Å². The Morgan fingerprint density at radius 1 is 1.40 bits per heavy atom. The number of hydrogen-bond donors (Lipinski definition) is 2. The van der Waals surface area contributed by atoms with Crippen molar-refractivity contribution in [1.82, 2.24) is 5.32 Å². The zero-order valence-electron chi connectivity index (χ0n) is 9.20. The number of nitrogens with one attached hydrogen (secondary N) is 1. The lowest BCUT2D eigenvalue weighted by molar-refractivity contribution is 0.146. The van der Waals surface area contributed by atoms with Gasteiger partial charge in [-0.15, -0.1) is 0 Å². The Balaban J connectivity index is 2.84. The van der Waals surface area contributed by atoms with Crippen LogP contribution in [0.5, 0.6) is 0 Å². The number of aliphatic hydroxyl groups is 1. The highest BCUT2D eigenvalue weighted by atomic mass is 35.5. The average molecular weight is 228 g/mol. The molecule has 0 unspecified atom stereocenters. The van der Waals surface area contributed by atoms with Gasteiger partial charge in [-0.05, 0) is 31.5 Å². The van der Waals surface area contributed by atoms with Gasteiger partial charge in [0.05, 0.1) is 12.1 Å². The van der Waals surface area contributed by atoms with E-state index in [9.17, 15) is 5.11 Å². The first-order chi connectivity index (χ1) is 7.16. The highest BCUT2D eigenvalue weighted by Gasteiger charge is 2.18. The quantitative estimate of drug-likeness (QED) is 0.811. The first kappa shape index (κ1) is 12.5. The lowest BCUT2D eigenvalue weighted by Crippen LogP contribution is -2.30. The zero-order valence-corrected chi connectivity index (χ0v) is 9.96. The van der Waals surface area contributed by atoms with Gasteiger partial charge in [-0.25, -0.2) is 0 Å². The minimum Gasteiger partial charge on any atom is -0.391 e. The Labute approximate surface area is 96.3 Å². The Hall–Kier alpha value is -0.570. The molecule has 0 spiro atoms. The third-order valence-corrected chi connectivity index (χ3v) is 2.68. The van der Waals surface area contributed by atoms with E-state index in [4.69, 9.17) is 11.6 Å². The van der Waals surface area contributed by atoms with E-state index < -0.39 is 6.10 Å². The highest BCUT2D eigenvalue weighted by molar-refractivity contribution is 6.31. The van der Waals surface area contributed by atoms with Crippen LogP contribution in [-0.2, 0) is 0 Å². The molecule has 1 rings (SSSR count). The Kier molecular flexibility index (Phi) is 5.09. The molecule has 0 fully saturated rings. The van der Waals surface area contributed by atoms with Crippen LogP contribution in [0.25, 0.3) is 0 Å². The summed E-state index contributed by atoms with van der Waals surface area (Å²) in [6, 6.07) is 7.54. The van der Waals surface area contributed by atoms with Crippen LogP contribution in [0, 0.1) is 0 Å². The number of rotatable bonds is 5. The minimum absolute atomic E-state index is 0.0846. The smallest absolute Gasteiger partial charge is 0.0707 e. The van der Waals surface area contributed by atoms with Gasteiger partial charge < -0.3 is 10.4 Å². The molecule has 0 amide bonds. The monoisotopic (exact) mass is 227 g/mol. The number of benzene rings is 1. The maximum atomic E-state index is 9.70. The van der Waals surface area contributed by atoms with E-state index in [-0.39, 0.29) is 6.04 Å². The lowest BCUT2D eigenvalue weighted by atomic mass is 10.0. The number of hydrogen-bond acceptors (Lipinski definition) is 2. The van der Waals surface area contributed by atoms with Crippen LogP contribution in [0.3, 0.4) is 0 Å². The van der Waals surface area contributed by atoms with E-state index >= 15 is 0 Å². The Bertz CT molecular complexity index is 301. The number of halogens is 1. The average Bonchev–Trinajstić information content (AvgIpc) is 2.20. The summed E-state index contributed by atoms with van der Waals surface area (Å²) in [5.41, 5.74) is 0.961. The summed E-state index contributed by atoms with van der Waals surface area (Å²) in [4.78, 5) is 0. The van der Waals surface area contributed by atoms with E-state index in [1.807, 2.05) is 24.3 Å². The SMILES string of the molecule is CCCN[C@H](c1ccccc1Cl)[C@@H](C)O. The van der Waals surface area contributed by atoms with Gasteiger partial charge in [0.15, 0.2) is 0 Å². The van der Waals surface area contributed by atoms with Crippen LogP contribution < -0.4 is 5.32 Å². The molecule has 84 valence electrons. The summed E-state index contributed by atoms with van der Waals surface area (Å²) >= 11 is 6.09. The molecule has 0 heterocycles. The van der Waals surface area contributed by atoms with Crippen molar-refractivity contribution in [3.05, 3.63) is 34.9 Å². The minimum atomic E-state index is -0.448. The highest BCUT2D eigenvalue weighted by Crippen LogP contribution is 2.24. The van der Waals surface area contributed by atoms with Gasteiger partial charge in [0.25, 0.3) is 0 Å². The molecule has 0 aromatic heterocycles. The van der Waals surface area contributed by atoms with Crippen LogP contribution in [0.1, 0.15) is 31.9 Å². The second-order valence-corrected chi connectivity index (χ2v) is 4.10. The molecule has 0 aliphatic heterocycles. The van der Waals surface area contributed by atoms with Crippen molar-refractivity contribution in [2.24, 2.45) is 0 Å². The molecule has 1 aromatic rings. The molecular formula is C12H18ClNO. The maximum Gasteiger partial charge on any atom is 0.0707 e. The van der Waals surface area contributed by atoms with Crippen LogP contribution in [-0.4, -0.2) is 17.8 Å². The second kappa shape index (κ2) is 6.11. The normalized spacial score (nSPS) is 14.9. The Morgan fingerprint density at radius 2 is 2.07 bits per heavy atom. The van der Waals surface area contributed by atoms with Gasteiger partial charge in [-0.1, -0.05) is 36.7 Å². The first-order valence-electron chi connectivity index (χ1n) is 5.32. The van der Waals surface area contributed by atoms with Gasteiger partial charge in [0.1, 0.15) is 0 Å². The molecule has 0 aliphatic carbocycles. The second-order valence-electron chi connectivity index (χ2n) is 3.69. The molecule has 3 heteroatoms. The Morgan fingerprint density at radius 3 is 2.60 bits per heavy atom. The van der Waals surface area contributed by atoms with Crippen LogP contribution >= 0.6 is 11.6 Å². The van der Waals surface area contributed by atoms with Gasteiger partial charge in [-0.2, -0.15) is 0 Å². The van der Waals surface area contributed by atoms with Gasteiger partial charge >= 0.3 is 0 Å². The molecule has 0 aliphatic rings. The maximum absolute atomic E-state index is 9.70. The van der Waals surface area contributed by atoms with Gasteiger partial charge in [0, 0.05) is 5.02 Å². The lowest BCUT2D eigenvalue weighted by Gasteiger charge is -2.22. The largest absolute Gasteiger partial charge is 0.391 e. The van der Waals surface area contributed by atoms with Crippen molar-refractivity contribution < 1.29 is 5.11 Å². The van der Waals surface area contributed by atoms with Crippen molar-refractivity contribution in [3.8, 4) is 0 Å². The predicted octanol–water partition coefficient (Wildman–Crippen LogP) is 2.76. The number of aliphatic hydroxyl groups excluding tert-OH is 1. The molecule has 2 N–H and O–H groups in total. The molecule has 0 saturated heterocycles. The van der Waals surface area contributed by atoms with Crippen molar-refractivity contribution in [2.45, 2.75) is 32.4 Å². The fraction of sp³-hybridized carbons (Fsp3) is 0.500. The molecule has 0 saturated carbocycles. The summed E-state index contributed by atoms with van der Waals surface area (Å²) in [5.74, 6) is 0. The zero-order chi connectivity index (χ0) is 11.3. The summed E-state index contributed by atoms with van der Waals surface area (Å²) in [7, 11) is 0. The van der Waals surface area contributed by atoms with E-state index in [2.05, 4.69) is 12.2 Å². The summed E-state index contributed by atoms with van der Waals surface area (Å²) in [5, 5.41) is 13.7. The van der Waals surface area contributed by atoms with Crippen molar-refractivity contribution in [3.63, 3.8) is 0 Å². The van der Waals surface area contributed by atoms with E-state index in [1.54, 1.807) is 6.92 Å². The molecule has 2 nitrogen and oxygen atoms in total.